The lowest BCUT2D eigenvalue weighted by Crippen LogP contribution is -2.06. The van der Waals surface area contributed by atoms with Crippen molar-refractivity contribution in [2.45, 2.75) is 32.0 Å². The molecule has 0 radical (unpaired) electrons. The molecule has 1 saturated carbocycles. The van der Waals surface area contributed by atoms with Crippen molar-refractivity contribution in [3.8, 4) is 0 Å². The van der Waals surface area contributed by atoms with Gasteiger partial charge < -0.3 is 5.73 Å². The Hall–Kier alpha value is -1.03. The zero-order chi connectivity index (χ0) is 12.1. The van der Waals surface area contributed by atoms with Crippen LogP contribution in [0.3, 0.4) is 0 Å². The van der Waals surface area contributed by atoms with Crippen LogP contribution in [-0.4, -0.2) is 6.04 Å². The van der Waals surface area contributed by atoms with Gasteiger partial charge in [0, 0.05) is 12.0 Å². The fourth-order valence-electron chi connectivity index (χ4n) is 2.19. The molecule has 0 spiro atoms. The molecule has 16 heavy (non-hydrogen) atoms. The Morgan fingerprint density at radius 1 is 1.12 bits per heavy atom. The van der Waals surface area contributed by atoms with Gasteiger partial charge in [0.15, 0.2) is 0 Å². The van der Waals surface area contributed by atoms with Gasteiger partial charge in [0.05, 0.1) is 5.56 Å². The van der Waals surface area contributed by atoms with E-state index in [9.17, 15) is 13.2 Å². The van der Waals surface area contributed by atoms with Crippen LogP contribution in [0.25, 0.3) is 0 Å². The quantitative estimate of drug-likeness (QED) is 0.786. The summed E-state index contributed by atoms with van der Waals surface area (Å²) in [6.45, 7) is 4.06. The molecule has 2 atom stereocenters. The molecule has 0 saturated heterocycles. The normalized spacial score (nSPS) is 27.9. The van der Waals surface area contributed by atoms with Crippen LogP contribution in [0.15, 0.2) is 24.3 Å². The van der Waals surface area contributed by atoms with Crippen molar-refractivity contribution >= 4 is 0 Å². The van der Waals surface area contributed by atoms with Crippen molar-refractivity contribution in [3.63, 3.8) is 0 Å². The van der Waals surface area contributed by atoms with Gasteiger partial charge >= 0.3 is 6.18 Å². The summed E-state index contributed by atoms with van der Waals surface area (Å²) < 4.78 is 37.0. The van der Waals surface area contributed by atoms with Crippen LogP contribution < -0.4 is 5.73 Å². The Kier molecular flexibility index (Phi) is 2.31. The Labute approximate surface area is 92.5 Å². The Morgan fingerprint density at radius 3 is 1.88 bits per heavy atom. The molecule has 1 aliphatic carbocycles. The number of hydrogen-bond donors (Lipinski definition) is 1. The fraction of sp³-hybridized carbons (Fsp3) is 0.500. The molecular weight excluding hydrogens is 215 g/mol. The lowest BCUT2D eigenvalue weighted by molar-refractivity contribution is -0.137. The third-order valence-electron chi connectivity index (χ3n) is 3.51. The molecule has 0 amide bonds. The van der Waals surface area contributed by atoms with Gasteiger partial charge in [-0.05, 0) is 23.1 Å². The lowest BCUT2D eigenvalue weighted by Gasteiger charge is -2.08. The molecule has 2 N–H and O–H groups in total. The van der Waals surface area contributed by atoms with Gasteiger partial charge in [-0.25, -0.2) is 0 Å². The molecule has 1 aliphatic rings. The standard InChI is InChI=1S/C12H14F3N/c1-11(2)9(10(11)16)7-3-5-8(6-4-7)12(13,14)15/h3-6,9-10H,16H2,1-2H3/t9-,10-/m1/s1. The lowest BCUT2D eigenvalue weighted by atomic mass is 10.0. The summed E-state index contributed by atoms with van der Waals surface area (Å²) in [4.78, 5) is 0. The first-order chi connectivity index (χ1) is 7.24. The van der Waals surface area contributed by atoms with Gasteiger partial charge in [-0.2, -0.15) is 13.2 Å². The van der Waals surface area contributed by atoms with Crippen LogP contribution in [0, 0.1) is 5.41 Å². The van der Waals surface area contributed by atoms with Gasteiger partial charge in [-0.3, -0.25) is 0 Å². The molecule has 4 heteroatoms. The molecule has 2 rings (SSSR count). The maximum Gasteiger partial charge on any atom is 0.416 e. The third kappa shape index (κ3) is 1.71. The van der Waals surface area contributed by atoms with E-state index in [0.717, 1.165) is 17.7 Å². The molecule has 0 unspecified atom stereocenters. The van der Waals surface area contributed by atoms with Crippen molar-refractivity contribution in [2.75, 3.05) is 0 Å². The van der Waals surface area contributed by atoms with E-state index in [1.165, 1.54) is 12.1 Å². The first kappa shape index (κ1) is 11.5. The first-order valence-corrected chi connectivity index (χ1v) is 5.17. The van der Waals surface area contributed by atoms with Gasteiger partial charge in [0.25, 0.3) is 0 Å². The van der Waals surface area contributed by atoms with Crippen molar-refractivity contribution in [1.29, 1.82) is 0 Å². The molecule has 0 aliphatic heterocycles. The summed E-state index contributed by atoms with van der Waals surface area (Å²) >= 11 is 0. The predicted molar refractivity (Wildman–Crippen MR) is 55.9 cm³/mol. The van der Waals surface area contributed by atoms with Crippen LogP contribution in [-0.2, 0) is 6.18 Å². The van der Waals surface area contributed by atoms with Crippen LogP contribution in [0.2, 0.25) is 0 Å². The maximum atomic E-state index is 12.3. The SMILES string of the molecule is CC1(C)[C@H](N)[C@H]1c1ccc(C(F)(F)F)cc1. The van der Waals surface area contributed by atoms with Crippen molar-refractivity contribution in [1.82, 2.24) is 0 Å². The maximum absolute atomic E-state index is 12.3. The Bertz CT molecular complexity index is 392. The predicted octanol–water partition coefficient (Wildman–Crippen LogP) is 3.16. The number of benzene rings is 1. The minimum Gasteiger partial charge on any atom is -0.327 e. The topological polar surface area (TPSA) is 26.0 Å². The van der Waals surface area contributed by atoms with E-state index < -0.39 is 11.7 Å². The highest BCUT2D eigenvalue weighted by molar-refractivity contribution is 5.36. The van der Waals surface area contributed by atoms with E-state index in [2.05, 4.69) is 0 Å². The van der Waals surface area contributed by atoms with E-state index in [1.54, 1.807) is 0 Å². The van der Waals surface area contributed by atoms with Crippen molar-refractivity contribution in [3.05, 3.63) is 35.4 Å². The fourth-order valence-corrected chi connectivity index (χ4v) is 2.19. The number of alkyl halides is 3. The van der Waals surface area contributed by atoms with Gasteiger partial charge in [0.2, 0.25) is 0 Å². The molecule has 1 aromatic carbocycles. The number of hydrogen-bond acceptors (Lipinski definition) is 1. The molecule has 0 bridgehead atoms. The molecule has 0 aromatic heterocycles. The molecule has 0 heterocycles. The highest BCUT2D eigenvalue weighted by Gasteiger charge is 2.56. The second-order valence-corrected chi connectivity index (χ2v) is 4.94. The third-order valence-corrected chi connectivity index (χ3v) is 3.51. The highest BCUT2D eigenvalue weighted by Crippen LogP contribution is 2.57. The molecule has 1 aromatic rings. The summed E-state index contributed by atoms with van der Waals surface area (Å²) in [6, 6.07) is 5.35. The van der Waals surface area contributed by atoms with Crippen LogP contribution >= 0.6 is 0 Å². The molecular formula is C12H14F3N. The Balaban J connectivity index is 2.22. The minimum absolute atomic E-state index is 0.000249. The van der Waals surface area contributed by atoms with Crippen molar-refractivity contribution in [2.24, 2.45) is 11.1 Å². The second-order valence-electron chi connectivity index (χ2n) is 4.94. The average Bonchev–Trinajstić information content (AvgIpc) is 2.65. The average molecular weight is 229 g/mol. The van der Waals surface area contributed by atoms with E-state index in [1.807, 2.05) is 13.8 Å². The van der Waals surface area contributed by atoms with Gasteiger partial charge in [-0.1, -0.05) is 26.0 Å². The molecule has 88 valence electrons. The Morgan fingerprint density at radius 2 is 1.56 bits per heavy atom. The van der Waals surface area contributed by atoms with Crippen LogP contribution in [0.1, 0.15) is 30.9 Å². The van der Waals surface area contributed by atoms with Gasteiger partial charge in [-0.15, -0.1) is 0 Å². The summed E-state index contributed by atoms with van der Waals surface area (Å²) in [5.74, 6) is 0.176. The van der Waals surface area contributed by atoms with E-state index in [4.69, 9.17) is 5.73 Å². The molecule has 1 nitrogen and oxygen atoms in total. The van der Waals surface area contributed by atoms with Crippen LogP contribution in [0.5, 0.6) is 0 Å². The monoisotopic (exact) mass is 229 g/mol. The number of halogens is 3. The van der Waals surface area contributed by atoms with Crippen LogP contribution in [0.4, 0.5) is 13.2 Å². The van der Waals surface area contributed by atoms with E-state index >= 15 is 0 Å². The summed E-state index contributed by atoms with van der Waals surface area (Å²) in [7, 11) is 0. The molecule has 1 fully saturated rings. The minimum atomic E-state index is -4.26. The smallest absolute Gasteiger partial charge is 0.327 e. The number of rotatable bonds is 1. The van der Waals surface area contributed by atoms with E-state index in [0.29, 0.717) is 0 Å². The van der Waals surface area contributed by atoms with Crippen molar-refractivity contribution < 1.29 is 13.2 Å². The largest absolute Gasteiger partial charge is 0.416 e. The number of nitrogens with two attached hydrogens (primary N) is 1. The van der Waals surface area contributed by atoms with Gasteiger partial charge in [0.1, 0.15) is 0 Å². The first-order valence-electron chi connectivity index (χ1n) is 5.17. The summed E-state index contributed by atoms with van der Waals surface area (Å²) in [5.41, 5.74) is 6.16. The zero-order valence-electron chi connectivity index (χ0n) is 9.18. The summed E-state index contributed by atoms with van der Waals surface area (Å²) in [5, 5.41) is 0. The summed E-state index contributed by atoms with van der Waals surface area (Å²) in [6.07, 6.45) is -4.26. The van der Waals surface area contributed by atoms with E-state index in [-0.39, 0.29) is 17.4 Å². The second kappa shape index (κ2) is 3.23. The zero-order valence-corrected chi connectivity index (χ0v) is 9.18. The highest BCUT2D eigenvalue weighted by atomic mass is 19.4.